The molecule has 0 saturated carbocycles. The third-order valence-corrected chi connectivity index (χ3v) is 1.37. The van der Waals surface area contributed by atoms with Gasteiger partial charge < -0.3 is 5.84 Å². The van der Waals surface area contributed by atoms with Crippen molar-refractivity contribution in [2.75, 3.05) is 0 Å². The maximum atomic E-state index is 5.15. The standard InChI is InChI=1S/C9H10N2/c1-2-5-8-6-3-4-7-9(8)11-10/h2-7H,1,10H2/b8-5-,11-9-. The second-order valence-electron chi connectivity index (χ2n) is 2.09. The van der Waals surface area contributed by atoms with E-state index in [9.17, 15) is 0 Å². The van der Waals surface area contributed by atoms with Gasteiger partial charge in [0.2, 0.25) is 0 Å². The lowest BCUT2D eigenvalue weighted by Gasteiger charge is -2.02. The first-order valence-corrected chi connectivity index (χ1v) is 3.34. The van der Waals surface area contributed by atoms with E-state index >= 15 is 0 Å². The Morgan fingerprint density at radius 3 is 2.73 bits per heavy atom. The van der Waals surface area contributed by atoms with Crippen molar-refractivity contribution >= 4 is 5.71 Å². The second-order valence-corrected chi connectivity index (χ2v) is 2.09. The summed E-state index contributed by atoms with van der Waals surface area (Å²) in [7, 11) is 0. The van der Waals surface area contributed by atoms with Crippen molar-refractivity contribution in [1.29, 1.82) is 0 Å². The lowest BCUT2D eigenvalue weighted by atomic mass is 10.1. The van der Waals surface area contributed by atoms with E-state index in [1.807, 2.05) is 30.4 Å². The van der Waals surface area contributed by atoms with E-state index in [4.69, 9.17) is 5.84 Å². The number of hydrazone groups is 1. The molecule has 0 atom stereocenters. The first-order valence-electron chi connectivity index (χ1n) is 3.34. The Morgan fingerprint density at radius 1 is 1.36 bits per heavy atom. The zero-order chi connectivity index (χ0) is 8.10. The van der Waals surface area contributed by atoms with Crippen molar-refractivity contribution in [1.82, 2.24) is 0 Å². The van der Waals surface area contributed by atoms with Gasteiger partial charge in [0.1, 0.15) is 0 Å². The fourth-order valence-electron chi connectivity index (χ4n) is 0.873. The van der Waals surface area contributed by atoms with Crippen molar-refractivity contribution in [2.24, 2.45) is 10.9 Å². The van der Waals surface area contributed by atoms with Crippen LogP contribution in [0.5, 0.6) is 0 Å². The molecule has 2 heteroatoms. The predicted molar refractivity (Wildman–Crippen MR) is 48.2 cm³/mol. The summed E-state index contributed by atoms with van der Waals surface area (Å²) in [5.74, 6) is 5.15. The normalized spacial score (nSPS) is 22.9. The van der Waals surface area contributed by atoms with Crippen LogP contribution in [0.3, 0.4) is 0 Å². The molecule has 0 saturated heterocycles. The molecule has 1 aliphatic rings. The smallest absolute Gasteiger partial charge is 0.0899 e. The largest absolute Gasteiger partial charge is 0.323 e. The van der Waals surface area contributed by atoms with Crippen LogP contribution in [0.15, 0.2) is 53.7 Å². The average molecular weight is 146 g/mol. The summed E-state index contributed by atoms with van der Waals surface area (Å²) in [6.07, 6.45) is 11.2. The number of nitrogens with two attached hydrogens (primary N) is 1. The molecule has 0 radical (unpaired) electrons. The highest BCUT2D eigenvalue weighted by Crippen LogP contribution is 2.07. The lowest BCUT2D eigenvalue weighted by Crippen LogP contribution is -2.02. The first-order chi connectivity index (χ1) is 5.38. The van der Waals surface area contributed by atoms with Crippen LogP contribution in [-0.4, -0.2) is 5.71 Å². The summed E-state index contributed by atoms with van der Waals surface area (Å²) in [6.45, 7) is 3.59. The number of allylic oxidation sites excluding steroid dienone is 7. The van der Waals surface area contributed by atoms with E-state index in [2.05, 4.69) is 11.7 Å². The Hall–Kier alpha value is -1.57. The van der Waals surface area contributed by atoms with E-state index in [-0.39, 0.29) is 0 Å². The van der Waals surface area contributed by atoms with Gasteiger partial charge in [0, 0.05) is 5.57 Å². The molecule has 56 valence electrons. The number of rotatable bonds is 1. The summed E-state index contributed by atoms with van der Waals surface area (Å²) < 4.78 is 0. The van der Waals surface area contributed by atoms with Gasteiger partial charge in [-0.05, 0) is 6.08 Å². The van der Waals surface area contributed by atoms with E-state index in [1.165, 1.54) is 0 Å². The molecule has 0 heterocycles. The van der Waals surface area contributed by atoms with Crippen molar-refractivity contribution < 1.29 is 0 Å². The maximum Gasteiger partial charge on any atom is 0.0899 e. The van der Waals surface area contributed by atoms with Crippen LogP contribution >= 0.6 is 0 Å². The fraction of sp³-hybridized carbons (Fsp3) is 0. The minimum absolute atomic E-state index is 0.785. The molecule has 2 N–H and O–H groups in total. The molecule has 11 heavy (non-hydrogen) atoms. The second kappa shape index (κ2) is 3.56. The molecule has 0 aromatic heterocycles. The summed E-state index contributed by atoms with van der Waals surface area (Å²) in [5, 5.41) is 3.61. The number of hydrogen-bond acceptors (Lipinski definition) is 2. The van der Waals surface area contributed by atoms with Crippen LogP contribution in [0.1, 0.15) is 0 Å². The third-order valence-electron chi connectivity index (χ3n) is 1.37. The van der Waals surface area contributed by atoms with Crippen LogP contribution < -0.4 is 5.84 Å². The van der Waals surface area contributed by atoms with Gasteiger partial charge >= 0.3 is 0 Å². The SMILES string of the molecule is C=C/C=C1/C=CC=C/C1=N/N. The molecule has 1 aliphatic carbocycles. The molecular weight excluding hydrogens is 136 g/mol. The zero-order valence-corrected chi connectivity index (χ0v) is 6.20. The fourth-order valence-corrected chi connectivity index (χ4v) is 0.873. The average Bonchev–Trinajstić information content (AvgIpc) is 2.06. The third kappa shape index (κ3) is 1.67. The van der Waals surface area contributed by atoms with Gasteiger partial charge in [0.15, 0.2) is 0 Å². The van der Waals surface area contributed by atoms with Crippen molar-refractivity contribution in [3.05, 3.63) is 48.6 Å². The minimum atomic E-state index is 0.785. The van der Waals surface area contributed by atoms with Crippen LogP contribution in [-0.2, 0) is 0 Å². The molecule has 0 aliphatic heterocycles. The summed E-state index contributed by atoms with van der Waals surface area (Å²) in [4.78, 5) is 0. The summed E-state index contributed by atoms with van der Waals surface area (Å²) >= 11 is 0. The van der Waals surface area contributed by atoms with E-state index in [0.717, 1.165) is 11.3 Å². The van der Waals surface area contributed by atoms with Gasteiger partial charge in [-0.3, -0.25) is 0 Å². The van der Waals surface area contributed by atoms with E-state index < -0.39 is 0 Å². The monoisotopic (exact) mass is 146 g/mol. The topological polar surface area (TPSA) is 38.4 Å². The molecule has 1 rings (SSSR count). The molecule has 0 unspecified atom stereocenters. The highest BCUT2D eigenvalue weighted by atomic mass is 15.1. The Bertz CT molecular complexity index is 267. The van der Waals surface area contributed by atoms with E-state index in [0.29, 0.717) is 0 Å². The zero-order valence-electron chi connectivity index (χ0n) is 6.20. The Labute approximate surface area is 66.1 Å². The molecule has 0 aromatic rings. The van der Waals surface area contributed by atoms with Crippen molar-refractivity contribution in [3.8, 4) is 0 Å². The van der Waals surface area contributed by atoms with Gasteiger partial charge in [-0.2, -0.15) is 5.10 Å². The Kier molecular flexibility index (Phi) is 2.44. The predicted octanol–water partition coefficient (Wildman–Crippen LogP) is 1.54. The molecule has 0 amide bonds. The molecule has 0 fully saturated rings. The van der Waals surface area contributed by atoms with Crippen LogP contribution in [0.2, 0.25) is 0 Å². The van der Waals surface area contributed by atoms with E-state index in [1.54, 1.807) is 6.08 Å². The summed E-state index contributed by atoms with van der Waals surface area (Å²) in [5.41, 5.74) is 1.78. The minimum Gasteiger partial charge on any atom is -0.323 e. The van der Waals surface area contributed by atoms with Crippen LogP contribution in [0.4, 0.5) is 0 Å². The molecule has 0 aromatic carbocycles. The van der Waals surface area contributed by atoms with Crippen LogP contribution in [0, 0.1) is 0 Å². The number of nitrogens with zero attached hydrogens (tertiary/aromatic N) is 1. The lowest BCUT2D eigenvalue weighted by molar-refractivity contribution is 1.25. The Morgan fingerprint density at radius 2 is 2.09 bits per heavy atom. The maximum absolute atomic E-state index is 5.15. The molecular formula is C9H10N2. The Balaban J connectivity index is 2.97. The van der Waals surface area contributed by atoms with Crippen LogP contribution in [0.25, 0.3) is 0 Å². The molecule has 0 spiro atoms. The van der Waals surface area contributed by atoms with Crippen molar-refractivity contribution in [3.63, 3.8) is 0 Å². The van der Waals surface area contributed by atoms with Gasteiger partial charge in [-0.1, -0.05) is 37.0 Å². The van der Waals surface area contributed by atoms with Gasteiger partial charge in [0.05, 0.1) is 5.71 Å². The molecule has 2 nitrogen and oxygen atoms in total. The van der Waals surface area contributed by atoms with Gasteiger partial charge in [0.25, 0.3) is 0 Å². The highest BCUT2D eigenvalue weighted by Gasteiger charge is 2.00. The van der Waals surface area contributed by atoms with Gasteiger partial charge in [-0.15, -0.1) is 0 Å². The highest BCUT2D eigenvalue weighted by molar-refractivity contribution is 6.11. The quantitative estimate of drug-likeness (QED) is 0.442. The van der Waals surface area contributed by atoms with Gasteiger partial charge in [-0.25, -0.2) is 0 Å². The molecule has 0 bridgehead atoms. The van der Waals surface area contributed by atoms with Crippen molar-refractivity contribution in [2.45, 2.75) is 0 Å². The number of hydrogen-bond donors (Lipinski definition) is 1. The summed E-state index contributed by atoms with van der Waals surface area (Å²) in [6, 6.07) is 0. The first kappa shape index (κ1) is 7.54.